The van der Waals surface area contributed by atoms with Crippen molar-refractivity contribution in [3.05, 3.63) is 44.1 Å². The first-order chi connectivity index (χ1) is 14.6. The van der Waals surface area contributed by atoms with Crippen molar-refractivity contribution in [3.8, 4) is 0 Å². The summed E-state index contributed by atoms with van der Waals surface area (Å²) in [4.78, 5) is 18.4. The summed E-state index contributed by atoms with van der Waals surface area (Å²) in [5.41, 5.74) is 4.36. The third-order valence-corrected chi connectivity index (χ3v) is 8.65. The Hall–Kier alpha value is -1.41. The van der Waals surface area contributed by atoms with Gasteiger partial charge >= 0.3 is 6.03 Å². The fourth-order valence-electron chi connectivity index (χ4n) is 5.12. The molecule has 2 amide bonds. The number of carbonyl (C=O) groups is 1. The lowest BCUT2D eigenvalue weighted by atomic mass is 9.87. The van der Waals surface area contributed by atoms with Crippen LogP contribution in [0.5, 0.6) is 0 Å². The number of thiophene rings is 1. The normalized spacial score (nSPS) is 21.5. The Labute approximate surface area is 191 Å². The molecule has 1 aromatic heterocycles. The van der Waals surface area contributed by atoms with Gasteiger partial charge in [0.25, 0.3) is 0 Å². The predicted octanol–water partition coefficient (Wildman–Crippen LogP) is 5.44. The Morgan fingerprint density at radius 2 is 1.93 bits per heavy atom. The second kappa shape index (κ2) is 8.61. The van der Waals surface area contributed by atoms with Crippen LogP contribution in [0.15, 0.2) is 28.1 Å². The Kier molecular flexibility index (Phi) is 5.88. The molecule has 30 heavy (non-hydrogen) atoms. The highest BCUT2D eigenvalue weighted by atomic mass is 79.9. The van der Waals surface area contributed by atoms with Gasteiger partial charge in [-0.25, -0.2) is 4.79 Å². The molecule has 5 nitrogen and oxygen atoms in total. The molecule has 5 rings (SSSR count). The molecule has 0 saturated carbocycles. The molecule has 2 saturated heterocycles. The van der Waals surface area contributed by atoms with E-state index in [1.54, 1.807) is 0 Å². The second-order valence-corrected chi connectivity index (χ2v) is 10.6. The van der Waals surface area contributed by atoms with Crippen LogP contribution in [-0.2, 0) is 6.54 Å². The van der Waals surface area contributed by atoms with Gasteiger partial charge in [-0.3, -0.25) is 4.90 Å². The Morgan fingerprint density at radius 3 is 2.63 bits per heavy atom. The number of hydrogen-bond acceptors (Lipinski definition) is 4. The fourth-order valence-corrected chi connectivity index (χ4v) is 6.73. The molecular formula is C23H28BrN4OS. The number of fused-ring (bicyclic) bond motifs is 1. The molecule has 0 bridgehead atoms. The number of urea groups is 1. The van der Waals surface area contributed by atoms with Crippen molar-refractivity contribution in [3.63, 3.8) is 0 Å². The Bertz CT molecular complexity index is 929. The van der Waals surface area contributed by atoms with Crippen LogP contribution in [0.25, 0.3) is 0 Å². The lowest BCUT2D eigenvalue weighted by Gasteiger charge is -2.42. The predicted molar refractivity (Wildman–Crippen MR) is 126 cm³/mol. The van der Waals surface area contributed by atoms with E-state index in [1.165, 1.54) is 67.9 Å². The van der Waals surface area contributed by atoms with Crippen molar-refractivity contribution in [1.82, 2.24) is 15.1 Å². The molecule has 159 valence electrons. The average Bonchev–Trinajstić information content (AvgIpc) is 3.32. The second-order valence-electron chi connectivity index (χ2n) is 8.78. The summed E-state index contributed by atoms with van der Waals surface area (Å²) in [6.45, 7) is 8.10. The quantitative estimate of drug-likeness (QED) is 0.623. The first-order valence-corrected chi connectivity index (χ1v) is 12.6. The molecule has 3 aliphatic heterocycles. The summed E-state index contributed by atoms with van der Waals surface area (Å²) in [5.74, 6) is 0.542. The SMILES string of the molecule is Cc1ccsc1CN1CCC(N2CCC(c3cc4c(cc3Br)[N]C(=O)N4)CC2)CC1. The van der Waals surface area contributed by atoms with E-state index in [2.05, 4.69) is 60.8 Å². The number of nitrogens with one attached hydrogen (secondary N) is 1. The van der Waals surface area contributed by atoms with Crippen LogP contribution >= 0.6 is 27.3 Å². The van der Waals surface area contributed by atoms with Crippen LogP contribution in [-0.4, -0.2) is 48.1 Å². The highest BCUT2D eigenvalue weighted by molar-refractivity contribution is 9.10. The number of nitrogens with zero attached hydrogens (tertiary/aromatic N) is 3. The molecule has 0 unspecified atom stereocenters. The number of benzene rings is 1. The van der Waals surface area contributed by atoms with Crippen LogP contribution in [0.3, 0.4) is 0 Å². The minimum atomic E-state index is -0.260. The van der Waals surface area contributed by atoms with Gasteiger partial charge in [0.1, 0.15) is 0 Å². The van der Waals surface area contributed by atoms with E-state index in [-0.39, 0.29) is 6.03 Å². The molecule has 1 radical (unpaired) electrons. The minimum absolute atomic E-state index is 0.260. The van der Waals surface area contributed by atoms with E-state index in [9.17, 15) is 4.79 Å². The molecule has 3 aliphatic rings. The summed E-state index contributed by atoms with van der Waals surface area (Å²) in [6, 6.07) is 6.82. The lowest BCUT2D eigenvalue weighted by Crippen LogP contribution is -2.47. The van der Waals surface area contributed by atoms with Gasteiger partial charge in [-0.05, 0) is 86.3 Å². The molecule has 0 atom stereocenters. The van der Waals surface area contributed by atoms with Gasteiger partial charge < -0.3 is 10.2 Å². The van der Waals surface area contributed by atoms with E-state index in [0.29, 0.717) is 5.92 Å². The molecule has 2 aromatic rings. The Morgan fingerprint density at radius 1 is 1.17 bits per heavy atom. The van der Waals surface area contributed by atoms with Crippen molar-refractivity contribution >= 4 is 44.7 Å². The number of aryl methyl sites for hydroxylation is 1. The summed E-state index contributed by atoms with van der Waals surface area (Å²) < 4.78 is 1.08. The van der Waals surface area contributed by atoms with Gasteiger partial charge in [0.2, 0.25) is 0 Å². The minimum Gasteiger partial charge on any atom is -0.304 e. The maximum absolute atomic E-state index is 11.5. The monoisotopic (exact) mass is 487 g/mol. The first kappa shape index (κ1) is 20.5. The molecule has 4 heterocycles. The number of carbonyl (C=O) groups excluding carboxylic acids is 1. The smallest absolute Gasteiger partial charge is 0.304 e. The lowest BCUT2D eigenvalue weighted by molar-refractivity contribution is 0.0848. The molecule has 1 aromatic carbocycles. The highest BCUT2D eigenvalue weighted by Crippen LogP contribution is 2.40. The number of rotatable bonds is 4. The van der Waals surface area contributed by atoms with E-state index >= 15 is 0 Å². The van der Waals surface area contributed by atoms with Crippen molar-refractivity contribution < 1.29 is 4.79 Å². The standard InChI is InChI=1S/C23H28BrN4OS/c1-15-6-11-30-22(15)14-27-7-4-17(5-8-27)28-9-2-16(3-10-28)18-12-20-21(13-19(18)24)26-23(29)25-20/h6,11-13,16-17H,2-5,7-10,14H2,1H3,(H,25,29). The molecule has 1 N–H and O–H groups in total. The van der Waals surface area contributed by atoms with Gasteiger partial charge in [0.15, 0.2) is 0 Å². The van der Waals surface area contributed by atoms with E-state index in [1.807, 2.05) is 17.4 Å². The van der Waals surface area contributed by atoms with Crippen molar-refractivity contribution in [2.24, 2.45) is 0 Å². The third kappa shape index (κ3) is 4.17. The first-order valence-electron chi connectivity index (χ1n) is 10.9. The highest BCUT2D eigenvalue weighted by Gasteiger charge is 2.30. The average molecular weight is 488 g/mol. The number of halogens is 1. The Balaban J connectivity index is 1.14. The molecule has 0 aliphatic carbocycles. The van der Waals surface area contributed by atoms with Crippen LogP contribution < -0.4 is 10.6 Å². The number of likely N-dealkylation sites (tertiary alicyclic amines) is 2. The van der Waals surface area contributed by atoms with E-state index < -0.39 is 0 Å². The maximum Gasteiger partial charge on any atom is 0.346 e. The number of amides is 2. The molecule has 7 heteroatoms. The van der Waals surface area contributed by atoms with Crippen molar-refractivity contribution in [2.75, 3.05) is 31.5 Å². The van der Waals surface area contributed by atoms with Crippen molar-refractivity contribution in [2.45, 2.75) is 51.1 Å². The number of anilines is 1. The third-order valence-electron chi connectivity index (χ3n) is 6.96. The zero-order valence-electron chi connectivity index (χ0n) is 17.4. The molecular weight excluding hydrogens is 460 g/mol. The topological polar surface area (TPSA) is 49.7 Å². The summed E-state index contributed by atoms with van der Waals surface area (Å²) in [5, 5.41) is 9.07. The summed E-state index contributed by atoms with van der Waals surface area (Å²) in [6.07, 6.45) is 4.92. The zero-order valence-corrected chi connectivity index (χ0v) is 19.8. The van der Waals surface area contributed by atoms with Gasteiger partial charge in [0, 0.05) is 35.0 Å². The fraction of sp³-hybridized carbons (Fsp3) is 0.522. The summed E-state index contributed by atoms with van der Waals surface area (Å²) >= 11 is 5.61. The van der Waals surface area contributed by atoms with E-state index in [4.69, 9.17) is 0 Å². The van der Waals surface area contributed by atoms with Crippen LogP contribution in [0.4, 0.5) is 16.2 Å². The zero-order chi connectivity index (χ0) is 20.7. The van der Waals surface area contributed by atoms with Crippen LogP contribution in [0.2, 0.25) is 0 Å². The molecule has 0 spiro atoms. The van der Waals surface area contributed by atoms with Gasteiger partial charge in [-0.2, -0.15) is 5.32 Å². The van der Waals surface area contributed by atoms with Crippen LogP contribution in [0, 0.1) is 6.92 Å². The largest absolute Gasteiger partial charge is 0.346 e. The number of hydrogen-bond donors (Lipinski definition) is 1. The van der Waals surface area contributed by atoms with Crippen LogP contribution in [0.1, 0.15) is 47.6 Å². The van der Waals surface area contributed by atoms with Gasteiger partial charge in [0.05, 0.1) is 11.4 Å². The number of piperidine rings is 2. The van der Waals surface area contributed by atoms with E-state index in [0.717, 1.165) is 28.4 Å². The van der Waals surface area contributed by atoms with Gasteiger partial charge in [-0.1, -0.05) is 15.9 Å². The van der Waals surface area contributed by atoms with Crippen molar-refractivity contribution in [1.29, 1.82) is 0 Å². The molecule has 2 fully saturated rings. The summed E-state index contributed by atoms with van der Waals surface area (Å²) in [7, 11) is 0. The van der Waals surface area contributed by atoms with Gasteiger partial charge in [-0.15, -0.1) is 11.3 Å². The maximum atomic E-state index is 11.5.